The van der Waals surface area contributed by atoms with Gasteiger partial charge in [-0.1, -0.05) is 6.07 Å². The third-order valence-corrected chi connectivity index (χ3v) is 2.98. The molecule has 0 aromatic heterocycles. The molecule has 2 rings (SSSR count). The van der Waals surface area contributed by atoms with Gasteiger partial charge in [0, 0.05) is 4.47 Å². The summed E-state index contributed by atoms with van der Waals surface area (Å²) >= 11 is 3.19. The van der Waals surface area contributed by atoms with E-state index < -0.39 is 5.82 Å². The Bertz CT molecular complexity index is 635. The Labute approximate surface area is 111 Å². The van der Waals surface area contributed by atoms with Crippen molar-refractivity contribution >= 4 is 27.3 Å². The Morgan fingerprint density at radius 1 is 1.11 bits per heavy atom. The number of halogens is 3. The van der Waals surface area contributed by atoms with Gasteiger partial charge in [0.1, 0.15) is 23.3 Å². The quantitative estimate of drug-likeness (QED) is 0.895. The van der Waals surface area contributed by atoms with Crippen molar-refractivity contribution in [2.75, 3.05) is 5.32 Å². The second-order valence-corrected chi connectivity index (χ2v) is 4.38. The SMILES string of the molecule is N#Cc1c(F)cccc1Nc1ccc(F)cc1Br. The smallest absolute Gasteiger partial charge is 0.143 e. The fourth-order valence-electron chi connectivity index (χ4n) is 1.48. The van der Waals surface area contributed by atoms with E-state index in [0.29, 0.717) is 15.8 Å². The van der Waals surface area contributed by atoms with Gasteiger partial charge in [0.15, 0.2) is 0 Å². The van der Waals surface area contributed by atoms with E-state index in [-0.39, 0.29) is 11.4 Å². The minimum Gasteiger partial charge on any atom is -0.353 e. The average Bonchev–Trinajstić information content (AvgIpc) is 2.33. The van der Waals surface area contributed by atoms with Gasteiger partial charge >= 0.3 is 0 Å². The maximum atomic E-state index is 13.4. The molecule has 0 saturated heterocycles. The van der Waals surface area contributed by atoms with Crippen LogP contribution in [0.25, 0.3) is 0 Å². The fourth-order valence-corrected chi connectivity index (χ4v) is 1.93. The molecule has 0 aliphatic rings. The highest BCUT2D eigenvalue weighted by atomic mass is 79.9. The van der Waals surface area contributed by atoms with Gasteiger partial charge in [-0.2, -0.15) is 5.26 Å². The molecule has 0 heterocycles. The average molecular weight is 309 g/mol. The highest BCUT2D eigenvalue weighted by Gasteiger charge is 2.09. The molecule has 2 nitrogen and oxygen atoms in total. The first-order chi connectivity index (χ1) is 8.61. The van der Waals surface area contributed by atoms with Crippen molar-refractivity contribution in [2.24, 2.45) is 0 Å². The fraction of sp³-hybridized carbons (Fsp3) is 0. The van der Waals surface area contributed by atoms with E-state index >= 15 is 0 Å². The molecule has 2 aromatic rings. The minimum atomic E-state index is -0.597. The van der Waals surface area contributed by atoms with E-state index in [1.807, 2.05) is 0 Å². The normalized spacial score (nSPS) is 9.89. The van der Waals surface area contributed by atoms with Gasteiger partial charge in [-0.15, -0.1) is 0 Å². The van der Waals surface area contributed by atoms with Crippen LogP contribution in [-0.4, -0.2) is 0 Å². The lowest BCUT2D eigenvalue weighted by molar-refractivity contribution is 0.624. The molecule has 2 aromatic carbocycles. The van der Waals surface area contributed by atoms with Gasteiger partial charge < -0.3 is 5.32 Å². The molecule has 0 saturated carbocycles. The van der Waals surface area contributed by atoms with Crippen LogP contribution in [0.1, 0.15) is 5.56 Å². The van der Waals surface area contributed by atoms with Crippen molar-refractivity contribution in [2.45, 2.75) is 0 Å². The zero-order chi connectivity index (χ0) is 13.1. The lowest BCUT2D eigenvalue weighted by Crippen LogP contribution is -1.97. The lowest BCUT2D eigenvalue weighted by Gasteiger charge is -2.10. The molecule has 0 spiro atoms. The van der Waals surface area contributed by atoms with Crippen molar-refractivity contribution in [3.8, 4) is 6.07 Å². The van der Waals surface area contributed by atoms with E-state index in [4.69, 9.17) is 5.26 Å². The molecule has 0 radical (unpaired) electrons. The van der Waals surface area contributed by atoms with Crippen LogP contribution in [0, 0.1) is 23.0 Å². The van der Waals surface area contributed by atoms with Crippen LogP contribution in [-0.2, 0) is 0 Å². The van der Waals surface area contributed by atoms with Gasteiger partial charge in [0.25, 0.3) is 0 Å². The molecular weight excluding hydrogens is 302 g/mol. The predicted molar refractivity (Wildman–Crippen MR) is 68.5 cm³/mol. The van der Waals surface area contributed by atoms with Crippen LogP contribution in [0.5, 0.6) is 0 Å². The number of hydrogen-bond donors (Lipinski definition) is 1. The number of rotatable bonds is 2. The molecule has 0 bridgehead atoms. The highest BCUT2D eigenvalue weighted by Crippen LogP contribution is 2.28. The second-order valence-electron chi connectivity index (χ2n) is 3.52. The van der Waals surface area contributed by atoms with Crippen LogP contribution in [0.3, 0.4) is 0 Å². The number of nitrogens with zero attached hydrogens (tertiary/aromatic N) is 1. The molecule has 0 aliphatic carbocycles. The lowest BCUT2D eigenvalue weighted by atomic mass is 10.1. The minimum absolute atomic E-state index is 0.0753. The number of nitriles is 1. The van der Waals surface area contributed by atoms with Gasteiger partial charge in [-0.05, 0) is 46.3 Å². The Hall–Kier alpha value is -1.93. The van der Waals surface area contributed by atoms with Crippen LogP contribution >= 0.6 is 15.9 Å². The summed E-state index contributed by atoms with van der Waals surface area (Å²) in [5.41, 5.74) is 0.817. The largest absolute Gasteiger partial charge is 0.353 e. The molecule has 0 unspecified atom stereocenters. The first-order valence-electron chi connectivity index (χ1n) is 5.02. The monoisotopic (exact) mass is 308 g/mol. The molecule has 0 aliphatic heterocycles. The van der Waals surface area contributed by atoms with E-state index in [9.17, 15) is 8.78 Å². The number of hydrogen-bond acceptors (Lipinski definition) is 2. The molecular formula is C13H7BrF2N2. The first-order valence-corrected chi connectivity index (χ1v) is 5.82. The molecule has 5 heteroatoms. The third-order valence-electron chi connectivity index (χ3n) is 2.33. The van der Waals surface area contributed by atoms with Crippen LogP contribution in [0.4, 0.5) is 20.2 Å². The van der Waals surface area contributed by atoms with Gasteiger partial charge in [-0.3, -0.25) is 0 Å². The van der Waals surface area contributed by atoms with Crippen molar-refractivity contribution < 1.29 is 8.78 Å². The summed E-state index contributed by atoms with van der Waals surface area (Å²) in [6.07, 6.45) is 0. The molecule has 18 heavy (non-hydrogen) atoms. The van der Waals surface area contributed by atoms with E-state index in [2.05, 4.69) is 21.2 Å². The number of nitrogens with one attached hydrogen (secondary N) is 1. The Balaban J connectivity index is 2.41. The number of anilines is 2. The predicted octanol–water partition coefficient (Wildman–Crippen LogP) is 4.34. The van der Waals surface area contributed by atoms with Crippen LogP contribution < -0.4 is 5.32 Å². The van der Waals surface area contributed by atoms with E-state index in [1.165, 1.54) is 30.3 Å². The topological polar surface area (TPSA) is 35.8 Å². The maximum absolute atomic E-state index is 13.4. The van der Waals surface area contributed by atoms with Crippen molar-refractivity contribution in [3.63, 3.8) is 0 Å². The maximum Gasteiger partial charge on any atom is 0.143 e. The number of benzene rings is 2. The summed E-state index contributed by atoms with van der Waals surface area (Å²) in [7, 11) is 0. The summed E-state index contributed by atoms with van der Waals surface area (Å²) in [5, 5.41) is 11.8. The standard InChI is InChI=1S/C13H7BrF2N2/c14-10-6-8(15)4-5-13(10)18-12-3-1-2-11(16)9(12)7-17/h1-6,18H. The summed E-state index contributed by atoms with van der Waals surface area (Å²) in [4.78, 5) is 0. The van der Waals surface area contributed by atoms with E-state index in [1.54, 1.807) is 12.1 Å². The van der Waals surface area contributed by atoms with Crippen LogP contribution in [0.15, 0.2) is 40.9 Å². The zero-order valence-corrected chi connectivity index (χ0v) is 10.6. The molecule has 90 valence electrons. The zero-order valence-electron chi connectivity index (χ0n) is 9.05. The van der Waals surface area contributed by atoms with Crippen LogP contribution in [0.2, 0.25) is 0 Å². The van der Waals surface area contributed by atoms with Gasteiger partial charge in [0.2, 0.25) is 0 Å². The third kappa shape index (κ3) is 2.49. The van der Waals surface area contributed by atoms with E-state index in [0.717, 1.165) is 0 Å². The Morgan fingerprint density at radius 2 is 1.89 bits per heavy atom. The van der Waals surface area contributed by atoms with Crippen molar-refractivity contribution in [3.05, 3.63) is 58.1 Å². The molecule has 0 amide bonds. The summed E-state index contributed by atoms with van der Waals surface area (Å²) < 4.78 is 26.8. The first kappa shape index (κ1) is 12.5. The molecule has 1 N–H and O–H groups in total. The van der Waals surface area contributed by atoms with Crippen molar-refractivity contribution in [1.29, 1.82) is 5.26 Å². The molecule has 0 atom stereocenters. The van der Waals surface area contributed by atoms with Crippen molar-refractivity contribution in [1.82, 2.24) is 0 Å². The Morgan fingerprint density at radius 3 is 2.56 bits per heavy atom. The van der Waals surface area contributed by atoms with Gasteiger partial charge in [0.05, 0.1) is 11.4 Å². The Kier molecular flexibility index (Phi) is 3.58. The summed E-state index contributed by atoms with van der Waals surface area (Å²) in [6.45, 7) is 0. The summed E-state index contributed by atoms with van der Waals surface area (Å²) in [5.74, 6) is -0.979. The highest BCUT2D eigenvalue weighted by molar-refractivity contribution is 9.10. The summed E-state index contributed by atoms with van der Waals surface area (Å²) in [6, 6.07) is 10.1. The molecule has 0 fully saturated rings. The second kappa shape index (κ2) is 5.15. The van der Waals surface area contributed by atoms with Gasteiger partial charge in [-0.25, -0.2) is 8.78 Å².